The van der Waals surface area contributed by atoms with Gasteiger partial charge in [-0.15, -0.1) is 0 Å². The lowest BCUT2D eigenvalue weighted by Gasteiger charge is -2.06. The summed E-state index contributed by atoms with van der Waals surface area (Å²) in [5, 5.41) is 4.46. The fourth-order valence-corrected chi connectivity index (χ4v) is 2.44. The van der Waals surface area contributed by atoms with E-state index in [9.17, 15) is 0 Å². The molecule has 2 aromatic carbocycles. The molecule has 0 amide bonds. The van der Waals surface area contributed by atoms with Gasteiger partial charge in [0.1, 0.15) is 0 Å². The summed E-state index contributed by atoms with van der Waals surface area (Å²) in [7, 11) is 0. The summed E-state index contributed by atoms with van der Waals surface area (Å²) in [4.78, 5) is 0. The normalized spacial score (nSPS) is 10.6. The van der Waals surface area contributed by atoms with Gasteiger partial charge in [0.25, 0.3) is 0 Å². The van der Waals surface area contributed by atoms with Crippen molar-refractivity contribution in [1.82, 2.24) is 9.78 Å². The highest BCUT2D eigenvalue weighted by atomic mass is 15.3. The third-order valence-corrected chi connectivity index (χ3v) is 3.37. The molecular formula is C17H16N2. The standard InChI is InChI=1S/C17H16N2/c1-13-7-6-8-14(2)17(13)15-11-18-19(12-15)16-9-4-3-5-10-16/h3-12H,1-2H3. The van der Waals surface area contributed by atoms with E-state index in [0.29, 0.717) is 0 Å². The Morgan fingerprint density at radius 2 is 1.53 bits per heavy atom. The van der Waals surface area contributed by atoms with Crippen molar-refractivity contribution >= 4 is 0 Å². The van der Waals surface area contributed by atoms with Crippen molar-refractivity contribution in [3.8, 4) is 16.8 Å². The first kappa shape index (κ1) is 11.7. The zero-order chi connectivity index (χ0) is 13.2. The van der Waals surface area contributed by atoms with Crippen molar-refractivity contribution in [3.63, 3.8) is 0 Å². The van der Waals surface area contributed by atoms with E-state index >= 15 is 0 Å². The average molecular weight is 248 g/mol. The number of benzene rings is 2. The van der Waals surface area contributed by atoms with Crippen LogP contribution in [-0.2, 0) is 0 Å². The molecule has 0 fully saturated rings. The predicted molar refractivity (Wildman–Crippen MR) is 78.5 cm³/mol. The molecule has 0 bridgehead atoms. The Kier molecular flexibility index (Phi) is 2.92. The van der Waals surface area contributed by atoms with E-state index in [1.807, 2.05) is 29.1 Å². The van der Waals surface area contributed by atoms with E-state index in [1.54, 1.807) is 0 Å². The molecule has 2 nitrogen and oxygen atoms in total. The predicted octanol–water partition coefficient (Wildman–Crippen LogP) is 4.16. The Balaban J connectivity index is 2.07. The summed E-state index contributed by atoms with van der Waals surface area (Å²) >= 11 is 0. The van der Waals surface area contributed by atoms with Gasteiger partial charge < -0.3 is 0 Å². The van der Waals surface area contributed by atoms with Crippen molar-refractivity contribution in [2.45, 2.75) is 13.8 Å². The first-order valence-corrected chi connectivity index (χ1v) is 6.42. The summed E-state index contributed by atoms with van der Waals surface area (Å²) in [6, 6.07) is 16.5. The van der Waals surface area contributed by atoms with Gasteiger partial charge in [0, 0.05) is 11.8 Å². The number of aromatic nitrogens is 2. The molecule has 19 heavy (non-hydrogen) atoms. The molecule has 1 heterocycles. The third-order valence-electron chi connectivity index (χ3n) is 3.37. The zero-order valence-corrected chi connectivity index (χ0v) is 11.2. The summed E-state index contributed by atoms with van der Waals surface area (Å²) in [5.74, 6) is 0. The third kappa shape index (κ3) is 2.17. The average Bonchev–Trinajstić information content (AvgIpc) is 2.89. The van der Waals surface area contributed by atoms with E-state index in [0.717, 1.165) is 5.69 Å². The van der Waals surface area contributed by atoms with Gasteiger partial charge >= 0.3 is 0 Å². The van der Waals surface area contributed by atoms with Crippen molar-refractivity contribution in [1.29, 1.82) is 0 Å². The molecule has 0 aliphatic heterocycles. The zero-order valence-electron chi connectivity index (χ0n) is 11.2. The van der Waals surface area contributed by atoms with Crippen LogP contribution in [0.4, 0.5) is 0 Å². The number of hydrogen-bond acceptors (Lipinski definition) is 1. The maximum absolute atomic E-state index is 4.46. The molecule has 0 saturated carbocycles. The van der Waals surface area contributed by atoms with Gasteiger partial charge in [-0.1, -0.05) is 36.4 Å². The van der Waals surface area contributed by atoms with E-state index < -0.39 is 0 Å². The molecule has 0 radical (unpaired) electrons. The monoisotopic (exact) mass is 248 g/mol. The van der Waals surface area contributed by atoms with E-state index in [4.69, 9.17) is 0 Å². The molecule has 0 saturated heterocycles. The van der Waals surface area contributed by atoms with E-state index in [2.05, 4.69) is 55.5 Å². The van der Waals surface area contributed by atoms with Gasteiger partial charge in [0.15, 0.2) is 0 Å². The minimum absolute atomic E-state index is 1.08. The smallest absolute Gasteiger partial charge is 0.0645 e. The van der Waals surface area contributed by atoms with Gasteiger partial charge in [0.05, 0.1) is 11.9 Å². The van der Waals surface area contributed by atoms with Crippen molar-refractivity contribution in [2.24, 2.45) is 0 Å². The van der Waals surface area contributed by atoms with Gasteiger partial charge in [-0.2, -0.15) is 5.10 Å². The molecule has 94 valence electrons. The molecule has 0 atom stereocenters. The first-order valence-electron chi connectivity index (χ1n) is 6.42. The van der Waals surface area contributed by atoms with Crippen LogP contribution >= 0.6 is 0 Å². The second-order valence-electron chi connectivity index (χ2n) is 4.78. The van der Waals surface area contributed by atoms with Crippen LogP contribution in [0.5, 0.6) is 0 Å². The molecule has 0 aliphatic rings. The van der Waals surface area contributed by atoms with E-state index in [1.165, 1.54) is 22.3 Å². The highest BCUT2D eigenvalue weighted by Gasteiger charge is 2.08. The molecule has 0 N–H and O–H groups in total. The van der Waals surface area contributed by atoms with Crippen LogP contribution < -0.4 is 0 Å². The van der Waals surface area contributed by atoms with Crippen molar-refractivity contribution < 1.29 is 0 Å². The molecule has 3 rings (SSSR count). The second-order valence-corrected chi connectivity index (χ2v) is 4.78. The summed E-state index contributed by atoms with van der Waals surface area (Å²) in [6.45, 7) is 4.28. The fraction of sp³-hybridized carbons (Fsp3) is 0.118. The van der Waals surface area contributed by atoms with Crippen LogP contribution in [0.3, 0.4) is 0 Å². The maximum atomic E-state index is 4.46. The number of hydrogen-bond donors (Lipinski definition) is 0. The lowest BCUT2D eigenvalue weighted by Crippen LogP contribution is -1.92. The number of para-hydroxylation sites is 1. The SMILES string of the molecule is Cc1cccc(C)c1-c1cnn(-c2ccccc2)c1. The van der Waals surface area contributed by atoms with Gasteiger partial charge in [-0.05, 0) is 42.7 Å². The highest BCUT2D eigenvalue weighted by molar-refractivity contribution is 5.69. The number of nitrogens with zero attached hydrogens (tertiary/aromatic N) is 2. The van der Waals surface area contributed by atoms with Gasteiger partial charge in [-0.25, -0.2) is 4.68 Å². The summed E-state index contributed by atoms with van der Waals surface area (Å²) < 4.78 is 1.92. The molecule has 0 aliphatic carbocycles. The minimum Gasteiger partial charge on any atom is -0.240 e. The van der Waals surface area contributed by atoms with Crippen molar-refractivity contribution in [2.75, 3.05) is 0 Å². The van der Waals surface area contributed by atoms with Crippen LogP contribution in [0.1, 0.15) is 11.1 Å². The summed E-state index contributed by atoms with van der Waals surface area (Å²) in [6.07, 6.45) is 4.02. The fourth-order valence-electron chi connectivity index (χ4n) is 2.44. The Morgan fingerprint density at radius 1 is 0.842 bits per heavy atom. The first-order chi connectivity index (χ1) is 9.25. The highest BCUT2D eigenvalue weighted by Crippen LogP contribution is 2.27. The van der Waals surface area contributed by atoms with Crippen LogP contribution in [0, 0.1) is 13.8 Å². The largest absolute Gasteiger partial charge is 0.240 e. The van der Waals surface area contributed by atoms with Crippen LogP contribution in [0.15, 0.2) is 60.9 Å². The number of aryl methyl sites for hydroxylation is 2. The lowest BCUT2D eigenvalue weighted by atomic mass is 9.98. The molecule has 3 aromatic rings. The Morgan fingerprint density at radius 3 is 2.21 bits per heavy atom. The second kappa shape index (κ2) is 4.73. The minimum atomic E-state index is 1.08. The van der Waals surface area contributed by atoms with Crippen LogP contribution in [0.2, 0.25) is 0 Å². The Labute approximate surface area is 113 Å². The Bertz CT molecular complexity index is 676. The maximum Gasteiger partial charge on any atom is 0.0645 e. The van der Waals surface area contributed by atoms with Crippen LogP contribution in [0.25, 0.3) is 16.8 Å². The molecule has 0 unspecified atom stereocenters. The summed E-state index contributed by atoms with van der Waals surface area (Å²) in [5.41, 5.74) is 6.10. The molecular weight excluding hydrogens is 232 g/mol. The topological polar surface area (TPSA) is 17.8 Å². The molecule has 0 spiro atoms. The number of rotatable bonds is 2. The van der Waals surface area contributed by atoms with Crippen LogP contribution in [-0.4, -0.2) is 9.78 Å². The van der Waals surface area contributed by atoms with Gasteiger partial charge in [-0.3, -0.25) is 0 Å². The molecule has 1 aromatic heterocycles. The quantitative estimate of drug-likeness (QED) is 0.666. The van der Waals surface area contributed by atoms with Gasteiger partial charge in [0.2, 0.25) is 0 Å². The Hall–Kier alpha value is -2.35. The molecule has 2 heteroatoms. The van der Waals surface area contributed by atoms with Crippen molar-refractivity contribution in [3.05, 3.63) is 72.1 Å². The van der Waals surface area contributed by atoms with E-state index in [-0.39, 0.29) is 0 Å². The lowest BCUT2D eigenvalue weighted by molar-refractivity contribution is 0.881.